The maximum absolute atomic E-state index is 13.2. The molecule has 1 amide bonds. The molecule has 0 fully saturated rings. The fraction of sp³-hybridized carbons (Fsp3) is 0.381. The van der Waals surface area contributed by atoms with E-state index in [0.717, 1.165) is 17.7 Å². The van der Waals surface area contributed by atoms with Crippen molar-refractivity contribution in [3.63, 3.8) is 0 Å². The van der Waals surface area contributed by atoms with E-state index in [2.05, 4.69) is 0 Å². The van der Waals surface area contributed by atoms with E-state index >= 15 is 0 Å². The molecule has 6 heteroatoms. The summed E-state index contributed by atoms with van der Waals surface area (Å²) in [6, 6.07) is 9.37. The monoisotopic (exact) mass is 371 g/mol. The zero-order valence-corrected chi connectivity index (χ0v) is 16.4. The van der Waals surface area contributed by atoms with E-state index in [0.29, 0.717) is 29.4 Å². The van der Waals surface area contributed by atoms with Gasteiger partial charge in [0.1, 0.15) is 5.75 Å². The Hall–Kier alpha value is -2.89. The summed E-state index contributed by atoms with van der Waals surface area (Å²) in [6.45, 7) is 2.68. The Bertz CT molecular complexity index is 823. The van der Waals surface area contributed by atoms with Crippen LogP contribution in [-0.2, 0) is 6.42 Å². The summed E-state index contributed by atoms with van der Waals surface area (Å²) in [7, 11) is 6.28. The van der Waals surface area contributed by atoms with Gasteiger partial charge in [0.15, 0.2) is 11.5 Å². The van der Waals surface area contributed by atoms with Gasteiger partial charge in [-0.1, -0.05) is 6.07 Å². The molecule has 1 aliphatic heterocycles. The standard InChI is InChI=1S/C21H25NO5/c1-13-17-7-6-16(24-2)10-14(17)8-9-22(13)21(23)15-11-18(25-3)20(27-5)19(12-15)26-4/h6-7,10-13H,8-9H2,1-5H3. The topological polar surface area (TPSA) is 57.2 Å². The maximum atomic E-state index is 13.2. The highest BCUT2D eigenvalue weighted by molar-refractivity contribution is 5.96. The number of rotatable bonds is 5. The van der Waals surface area contributed by atoms with Crippen LogP contribution in [0.25, 0.3) is 0 Å². The molecule has 2 aromatic rings. The lowest BCUT2D eigenvalue weighted by Gasteiger charge is -2.35. The normalized spacial score (nSPS) is 15.7. The number of benzene rings is 2. The van der Waals surface area contributed by atoms with Crippen LogP contribution in [0, 0.1) is 0 Å². The van der Waals surface area contributed by atoms with E-state index in [1.807, 2.05) is 30.0 Å². The molecule has 1 atom stereocenters. The highest BCUT2D eigenvalue weighted by Crippen LogP contribution is 2.39. The predicted molar refractivity (Wildman–Crippen MR) is 102 cm³/mol. The van der Waals surface area contributed by atoms with Crippen molar-refractivity contribution in [2.75, 3.05) is 35.0 Å². The van der Waals surface area contributed by atoms with Gasteiger partial charge in [0.05, 0.1) is 34.5 Å². The molecule has 27 heavy (non-hydrogen) atoms. The predicted octanol–water partition coefficient (Wildman–Crippen LogP) is 3.48. The molecule has 0 aromatic heterocycles. The van der Waals surface area contributed by atoms with E-state index in [1.54, 1.807) is 40.6 Å². The Morgan fingerprint density at radius 3 is 2.19 bits per heavy atom. The molecule has 0 radical (unpaired) electrons. The second kappa shape index (κ2) is 7.78. The quantitative estimate of drug-likeness (QED) is 0.805. The van der Waals surface area contributed by atoms with Crippen molar-refractivity contribution in [2.45, 2.75) is 19.4 Å². The summed E-state index contributed by atoms with van der Waals surface area (Å²) in [6.07, 6.45) is 0.785. The van der Waals surface area contributed by atoms with Gasteiger partial charge in [-0.2, -0.15) is 0 Å². The highest BCUT2D eigenvalue weighted by Gasteiger charge is 2.29. The van der Waals surface area contributed by atoms with Gasteiger partial charge in [-0.15, -0.1) is 0 Å². The third-order valence-corrected chi connectivity index (χ3v) is 5.06. The maximum Gasteiger partial charge on any atom is 0.254 e. The summed E-state index contributed by atoms with van der Waals surface area (Å²) in [5.74, 6) is 2.18. The number of ether oxygens (including phenoxy) is 4. The number of carbonyl (C=O) groups is 1. The molecular weight excluding hydrogens is 346 g/mol. The molecule has 1 unspecified atom stereocenters. The molecular formula is C21H25NO5. The second-order valence-corrected chi connectivity index (χ2v) is 6.40. The van der Waals surface area contributed by atoms with Gasteiger partial charge >= 0.3 is 0 Å². The molecule has 0 aliphatic carbocycles. The van der Waals surface area contributed by atoms with E-state index in [4.69, 9.17) is 18.9 Å². The van der Waals surface area contributed by atoms with Crippen molar-refractivity contribution in [1.82, 2.24) is 4.90 Å². The Morgan fingerprint density at radius 2 is 1.63 bits per heavy atom. The fourth-order valence-electron chi connectivity index (χ4n) is 3.58. The fourth-order valence-corrected chi connectivity index (χ4v) is 3.58. The van der Waals surface area contributed by atoms with Crippen LogP contribution in [0.4, 0.5) is 0 Å². The summed E-state index contributed by atoms with van der Waals surface area (Å²) >= 11 is 0. The van der Waals surface area contributed by atoms with E-state index in [1.165, 1.54) is 5.56 Å². The molecule has 1 heterocycles. The average Bonchev–Trinajstić information content (AvgIpc) is 2.71. The molecule has 2 aromatic carbocycles. The van der Waals surface area contributed by atoms with Crippen molar-refractivity contribution in [2.24, 2.45) is 0 Å². The van der Waals surface area contributed by atoms with Crippen LogP contribution in [-0.4, -0.2) is 45.8 Å². The number of hydrogen-bond donors (Lipinski definition) is 0. The minimum atomic E-state index is -0.0665. The van der Waals surface area contributed by atoms with Gasteiger partial charge in [-0.3, -0.25) is 4.79 Å². The lowest BCUT2D eigenvalue weighted by molar-refractivity contribution is 0.0676. The third-order valence-electron chi connectivity index (χ3n) is 5.06. The lowest BCUT2D eigenvalue weighted by Crippen LogP contribution is -2.38. The summed E-state index contributed by atoms with van der Waals surface area (Å²) in [5, 5.41) is 0. The molecule has 0 N–H and O–H groups in total. The van der Waals surface area contributed by atoms with Gasteiger partial charge < -0.3 is 23.8 Å². The van der Waals surface area contributed by atoms with Crippen molar-refractivity contribution in [3.8, 4) is 23.0 Å². The SMILES string of the molecule is COc1ccc2c(c1)CCN(C(=O)c1cc(OC)c(OC)c(OC)c1)C2C. The number of hydrogen-bond acceptors (Lipinski definition) is 5. The highest BCUT2D eigenvalue weighted by atomic mass is 16.5. The van der Waals surface area contributed by atoms with Crippen LogP contribution in [0.5, 0.6) is 23.0 Å². The van der Waals surface area contributed by atoms with Crippen LogP contribution < -0.4 is 18.9 Å². The first kappa shape index (κ1) is 18.9. The first-order valence-corrected chi connectivity index (χ1v) is 8.81. The zero-order chi connectivity index (χ0) is 19.6. The molecule has 0 bridgehead atoms. The van der Waals surface area contributed by atoms with Crippen molar-refractivity contribution >= 4 is 5.91 Å². The summed E-state index contributed by atoms with van der Waals surface area (Å²) in [4.78, 5) is 15.1. The first-order valence-electron chi connectivity index (χ1n) is 8.81. The number of carbonyl (C=O) groups excluding carboxylic acids is 1. The number of fused-ring (bicyclic) bond motifs is 1. The summed E-state index contributed by atoms with van der Waals surface area (Å²) < 4.78 is 21.4. The Kier molecular flexibility index (Phi) is 5.44. The van der Waals surface area contributed by atoms with Gasteiger partial charge in [0.2, 0.25) is 5.75 Å². The minimum Gasteiger partial charge on any atom is -0.497 e. The average molecular weight is 371 g/mol. The number of methoxy groups -OCH3 is 4. The van der Waals surface area contributed by atoms with E-state index in [9.17, 15) is 4.79 Å². The van der Waals surface area contributed by atoms with Gasteiger partial charge in [0, 0.05) is 12.1 Å². The van der Waals surface area contributed by atoms with Gasteiger partial charge in [0.25, 0.3) is 5.91 Å². The molecule has 3 rings (SSSR count). The Morgan fingerprint density at radius 1 is 0.963 bits per heavy atom. The number of amides is 1. The smallest absolute Gasteiger partial charge is 0.254 e. The van der Waals surface area contributed by atoms with Crippen molar-refractivity contribution in [1.29, 1.82) is 0 Å². The van der Waals surface area contributed by atoms with Crippen molar-refractivity contribution in [3.05, 3.63) is 47.0 Å². The van der Waals surface area contributed by atoms with E-state index in [-0.39, 0.29) is 11.9 Å². The summed E-state index contributed by atoms with van der Waals surface area (Å²) in [5.41, 5.74) is 2.87. The minimum absolute atomic E-state index is 0.0359. The zero-order valence-electron chi connectivity index (χ0n) is 16.4. The van der Waals surface area contributed by atoms with Crippen LogP contribution in [0.1, 0.15) is 34.5 Å². The molecule has 0 saturated carbocycles. The largest absolute Gasteiger partial charge is 0.497 e. The molecule has 1 aliphatic rings. The van der Waals surface area contributed by atoms with Gasteiger partial charge in [-0.25, -0.2) is 0 Å². The first-order chi connectivity index (χ1) is 13.0. The third kappa shape index (κ3) is 3.39. The number of nitrogens with zero attached hydrogens (tertiary/aromatic N) is 1. The molecule has 0 saturated heterocycles. The van der Waals surface area contributed by atoms with Crippen molar-refractivity contribution < 1.29 is 23.7 Å². The van der Waals surface area contributed by atoms with Crippen LogP contribution in [0.2, 0.25) is 0 Å². The van der Waals surface area contributed by atoms with Crippen LogP contribution >= 0.6 is 0 Å². The second-order valence-electron chi connectivity index (χ2n) is 6.40. The van der Waals surface area contributed by atoms with Gasteiger partial charge in [-0.05, 0) is 48.7 Å². The molecule has 6 nitrogen and oxygen atoms in total. The Balaban J connectivity index is 1.94. The van der Waals surface area contributed by atoms with E-state index < -0.39 is 0 Å². The molecule has 0 spiro atoms. The Labute approximate surface area is 159 Å². The molecule has 144 valence electrons. The van der Waals surface area contributed by atoms with Crippen LogP contribution in [0.15, 0.2) is 30.3 Å². The lowest BCUT2D eigenvalue weighted by atomic mass is 9.92. The van der Waals surface area contributed by atoms with Crippen LogP contribution in [0.3, 0.4) is 0 Å².